The van der Waals surface area contributed by atoms with Crippen LogP contribution in [0.25, 0.3) is 0 Å². The van der Waals surface area contributed by atoms with Crippen LogP contribution in [0, 0.1) is 0 Å². The minimum Gasteiger partial charge on any atom is -0.491 e. The van der Waals surface area contributed by atoms with Crippen molar-refractivity contribution in [2.24, 2.45) is 0 Å². The second-order valence-corrected chi connectivity index (χ2v) is 5.70. The predicted molar refractivity (Wildman–Crippen MR) is 83.4 cm³/mol. The molecule has 21 heavy (non-hydrogen) atoms. The number of nitrogens with two attached hydrogens (primary N) is 1. The number of aliphatic hydroxyl groups excluding tert-OH is 1. The van der Waals surface area contributed by atoms with Crippen LogP contribution in [0.3, 0.4) is 0 Å². The maximum Gasteiger partial charge on any atom is 0.121 e. The van der Waals surface area contributed by atoms with Crippen molar-refractivity contribution in [1.82, 2.24) is 4.90 Å². The van der Waals surface area contributed by atoms with Gasteiger partial charge in [0.1, 0.15) is 18.5 Å². The molecule has 1 aromatic rings. The largest absolute Gasteiger partial charge is 0.491 e. The lowest BCUT2D eigenvalue weighted by molar-refractivity contribution is -0.0710. The second kappa shape index (κ2) is 7.64. The summed E-state index contributed by atoms with van der Waals surface area (Å²) in [5, 5.41) is 10.2. The van der Waals surface area contributed by atoms with Crippen molar-refractivity contribution in [2.45, 2.75) is 38.5 Å². The first-order valence-corrected chi connectivity index (χ1v) is 7.60. The van der Waals surface area contributed by atoms with Crippen LogP contribution >= 0.6 is 0 Å². The highest BCUT2D eigenvalue weighted by Gasteiger charge is 2.27. The van der Waals surface area contributed by atoms with Gasteiger partial charge in [-0.05, 0) is 25.5 Å². The Balaban J connectivity index is 1.81. The number of ether oxygens (including phenoxy) is 2. The third-order valence-corrected chi connectivity index (χ3v) is 3.80. The summed E-state index contributed by atoms with van der Waals surface area (Å²) in [7, 11) is 0. The number of morpholine rings is 1. The van der Waals surface area contributed by atoms with Crippen LogP contribution in [0.2, 0.25) is 0 Å². The van der Waals surface area contributed by atoms with Crippen LogP contribution in [-0.2, 0) is 4.74 Å². The molecule has 3 atom stereocenters. The van der Waals surface area contributed by atoms with E-state index in [2.05, 4.69) is 18.7 Å². The van der Waals surface area contributed by atoms with Crippen LogP contribution in [0.15, 0.2) is 24.3 Å². The molecule has 1 aliphatic heterocycles. The third-order valence-electron chi connectivity index (χ3n) is 3.80. The number of nitrogen functional groups attached to an aromatic ring is 1. The molecular weight excluding hydrogens is 268 g/mol. The van der Waals surface area contributed by atoms with Gasteiger partial charge in [-0.1, -0.05) is 13.0 Å². The number of hydrogen-bond acceptors (Lipinski definition) is 5. The van der Waals surface area contributed by atoms with Crippen LogP contribution in [-0.4, -0.2) is 54.6 Å². The Morgan fingerprint density at radius 1 is 1.52 bits per heavy atom. The Labute approximate surface area is 126 Å². The number of nitrogens with zero attached hydrogens (tertiary/aromatic N) is 1. The van der Waals surface area contributed by atoms with E-state index in [0.29, 0.717) is 24.0 Å². The van der Waals surface area contributed by atoms with Crippen molar-refractivity contribution in [3.8, 4) is 5.75 Å². The predicted octanol–water partition coefficient (Wildman–Crippen LogP) is 1.51. The number of hydrogen-bond donors (Lipinski definition) is 2. The minimum atomic E-state index is -0.522. The second-order valence-electron chi connectivity index (χ2n) is 5.70. The molecule has 1 aliphatic rings. The van der Waals surface area contributed by atoms with Gasteiger partial charge in [0.15, 0.2) is 0 Å². The summed E-state index contributed by atoms with van der Waals surface area (Å²) in [5.41, 5.74) is 6.36. The lowest BCUT2D eigenvalue weighted by Crippen LogP contribution is -2.51. The van der Waals surface area contributed by atoms with E-state index in [1.807, 2.05) is 18.2 Å². The van der Waals surface area contributed by atoms with E-state index < -0.39 is 6.10 Å². The molecular formula is C16H26N2O3. The maximum atomic E-state index is 10.2. The monoisotopic (exact) mass is 294 g/mol. The Kier molecular flexibility index (Phi) is 5.85. The first-order chi connectivity index (χ1) is 10.1. The normalized spacial score (nSPS) is 24.7. The summed E-state index contributed by atoms with van der Waals surface area (Å²) in [5.74, 6) is 0.691. The van der Waals surface area contributed by atoms with E-state index in [4.69, 9.17) is 15.2 Å². The highest BCUT2D eigenvalue weighted by molar-refractivity contribution is 5.43. The van der Waals surface area contributed by atoms with Gasteiger partial charge in [0, 0.05) is 30.9 Å². The maximum absolute atomic E-state index is 10.2. The molecule has 1 aromatic carbocycles. The van der Waals surface area contributed by atoms with E-state index in [1.165, 1.54) is 0 Å². The summed E-state index contributed by atoms with van der Waals surface area (Å²) < 4.78 is 11.3. The highest BCUT2D eigenvalue weighted by atomic mass is 16.5. The zero-order valence-electron chi connectivity index (χ0n) is 12.9. The van der Waals surface area contributed by atoms with Crippen molar-refractivity contribution >= 4 is 5.69 Å². The minimum absolute atomic E-state index is 0.217. The summed E-state index contributed by atoms with van der Waals surface area (Å²) in [6, 6.07) is 7.63. The topological polar surface area (TPSA) is 68.0 Å². The van der Waals surface area contributed by atoms with Gasteiger partial charge in [0.05, 0.1) is 12.7 Å². The van der Waals surface area contributed by atoms with Gasteiger partial charge in [-0.2, -0.15) is 0 Å². The molecule has 0 spiro atoms. The van der Waals surface area contributed by atoms with Crippen molar-refractivity contribution in [3.63, 3.8) is 0 Å². The molecule has 1 heterocycles. The molecule has 3 unspecified atom stereocenters. The number of anilines is 1. The van der Waals surface area contributed by atoms with Crippen molar-refractivity contribution in [3.05, 3.63) is 24.3 Å². The van der Waals surface area contributed by atoms with Crippen LogP contribution in [0.1, 0.15) is 20.3 Å². The standard InChI is InChI=1S/C16H26N2O3/c1-3-14-10-20-12(2)8-18(14)9-15(19)11-21-16-6-4-5-13(17)7-16/h4-7,12,14-15,19H,3,8-11,17H2,1-2H3. The van der Waals surface area contributed by atoms with Gasteiger partial charge in [0.2, 0.25) is 0 Å². The Hall–Kier alpha value is -1.30. The molecule has 0 aromatic heterocycles. The molecule has 2 rings (SSSR count). The SMILES string of the molecule is CCC1COC(C)CN1CC(O)COc1cccc(N)c1. The first-order valence-electron chi connectivity index (χ1n) is 7.60. The molecule has 3 N–H and O–H groups in total. The van der Waals surface area contributed by atoms with Gasteiger partial charge >= 0.3 is 0 Å². The lowest BCUT2D eigenvalue weighted by atomic mass is 10.1. The number of benzene rings is 1. The Morgan fingerprint density at radius 3 is 3.05 bits per heavy atom. The first kappa shape index (κ1) is 16.1. The Bertz CT molecular complexity index is 441. The lowest BCUT2D eigenvalue weighted by Gasteiger charge is -2.39. The average Bonchev–Trinajstić information content (AvgIpc) is 2.45. The van der Waals surface area contributed by atoms with E-state index >= 15 is 0 Å². The van der Waals surface area contributed by atoms with E-state index in [0.717, 1.165) is 19.6 Å². The van der Waals surface area contributed by atoms with Crippen LogP contribution < -0.4 is 10.5 Å². The van der Waals surface area contributed by atoms with Gasteiger partial charge in [-0.3, -0.25) is 4.90 Å². The van der Waals surface area contributed by atoms with Gasteiger partial charge in [0.25, 0.3) is 0 Å². The van der Waals surface area contributed by atoms with E-state index in [1.54, 1.807) is 6.07 Å². The van der Waals surface area contributed by atoms with Crippen LogP contribution in [0.4, 0.5) is 5.69 Å². The smallest absolute Gasteiger partial charge is 0.121 e. The molecule has 0 saturated carbocycles. The molecule has 118 valence electrons. The van der Waals surface area contributed by atoms with Gasteiger partial charge in [-0.25, -0.2) is 0 Å². The number of rotatable bonds is 6. The quantitative estimate of drug-likeness (QED) is 0.778. The highest BCUT2D eigenvalue weighted by Crippen LogP contribution is 2.17. The van der Waals surface area contributed by atoms with Crippen LogP contribution in [0.5, 0.6) is 5.75 Å². The fourth-order valence-electron chi connectivity index (χ4n) is 2.63. The fourth-order valence-corrected chi connectivity index (χ4v) is 2.63. The Morgan fingerprint density at radius 2 is 2.33 bits per heavy atom. The summed E-state index contributed by atoms with van der Waals surface area (Å²) in [6.45, 7) is 6.68. The molecule has 0 bridgehead atoms. The third kappa shape index (κ3) is 4.88. The average molecular weight is 294 g/mol. The summed E-state index contributed by atoms with van der Waals surface area (Å²) >= 11 is 0. The molecule has 1 saturated heterocycles. The zero-order chi connectivity index (χ0) is 15.2. The molecule has 0 radical (unpaired) electrons. The van der Waals surface area contributed by atoms with Gasteiger partial charge in [-0.15, -0.1) is 0 Å². The molecule has 0 amide bonds. The number of aliphatic hydroxyl groups is 1. The number of β-amino-alcohol motifs (C(OH)–C–C–N with tert-alkyl or cyclic N) is 1. The zero-order valence-corrected chi connectivity index (χ0v) is 12.9. The molecule has 5 heteroatoms. The van der Waals surface area contributed by atoms with Crippen molar-refractivity contribution in [2.75, 3.05) is 32.0 Å². The van der Waals surface area contributed by atoms with E-state index in [-0.39, 0.29) is 12.7 Å². The summed E-state index contributed by atoms with van der Waals surface area (Å²) in [4.78, 5) is 2.29. The fraction of sp³-hybridized carbons (Fsp3) is 0.625. The van der Waals surface area contributed by atoms with Crippen molar-refractivity contribution < 1.29 is 14.6 Å². The molecule has 1 fully saturated rings. The van der Waals surface area contributed by atoms with E-state index in [9.17, 15) is 5.11 Å². The van der Waals surface area contributed by atoms with Gasteiger partial charge < -0.3 is 20.3 Å². The summed E-state index contributed by atoms with van der Waals surface area (Å²) in [6.07, 6.45) is 0.718. The molecule has 0 aliphatic carbocycles. The molecule has 5 nitrogen and oxygen atoms in total. The van der Waals surface area contributed by atoms with Crippen molar-refractivity contribution in [1.29, 1.82) is 0 Å².